The van der Waals surface area contributed by atoms with Crippen LogP contribution in [-0.2, 0) is 4.74 Å². The SMILES string of the molecule is C.C.CCC(C)OC(C)CO. The summed E-state index contributed by atoms with van der Waals surface area (Å²) in [6.45, 7) is 6.05. The van der Waals surface area contributed by atoms with E-state index < -0.39 is 0 Å². The van der Waals surface area contributed by atoms with Crippen LogP contribution < -0.4 is 0 Å². The third-order valence-corrected chi connectivity index (χ3v) is 1.30. The van der Waals surface area contributed by atoms with Crippen LogP contribution in [0.1, 0.15) is 42.0 Å². The average molecular weight is 164 g/mol. The van der Waals surface area contributed by atoms with Crippen molar-refractivity contribution in [1.82, 2.24) is 0 Å². The third-order valence-electron chi connectivity index (χ3n) is 1.30. The zero-order chi connectivity index (χ0) is 7.28. The lowest BCUT2D eigenvalue weighted by atomic mass is 10.3. The van der Waals surface area contributed by atoms with E-state index in [1.165, 1.54) is 0 Å². The van der Waals surface area contributed by atoms with Gasteiger partial charge in [0, 0.05) is 0 Å². The molecule has 72 valence electrons. The summed E-state index contributed by atoms with van der Waals surface area (Å²) in [5.74, 6) is 0. The maximum absolute atomic E-state index is 8.55. The van der Waals surface area contributed by atoms with Crippen molar-refractivity contribution in [2.75, 3.05) is 6.61 Å². The fourth-order valence-electron chi connectivity index (χ4n) is 0.536. The largest absolute Gasteiger partial charge is 0.394 e. The van der Waals surface area contributed by atoms with Gasteiger partial charge < -0.3 is 9.84 Å². The van der Waals surface area contributed by atoms with Crippen molar-refractivity contribution in [2.45, 2.75) is 54.3 Å². The fraction of sp³-hybridized carbons (Fsp3) is 1.00. The molecule has 0 spiro atoms. The monoisotopic (exact) mass is 164 g/mol. The number of ether oxygens (including phenoxy) is 1. The molecule has 0 aliphatic rings. The molecular weight excluding hydrogens is 140 g/mol. The van der Waals surface area contributed by atoms with Crippen LogP contribution >= 0.6 is 0 Å². The summed E-state index contributed by atoms with van der Waals surface area (Å²) in [6.07, 6.45) is 1.26. The van der Waals surface area contributed by atoms with Gasteiger partial charge in [0.2, 0.25) is 0 Å². The second-order valence-electron chi connectivity index (χ2n) is 2.35. The summed E-state index contributed by atoms with van der Waals surface area (Å²) in [7, 11) is 0. The van der Waals surface area contributed by atoms with E-state index >= 15 is 0 Å². The van der Waals surface area contributed by atoms with Gasteiger partial charge in [0.1, 0.15) is 0 Å². The molecule has 2 heteroatoms. The lowest BCUT2D eigenvalue weighted by Crippen LogP contribution is -2.19. The second kappa shape index (κ2) is 9.92. The van der Waals surface area contributed by atoms with E-state index in [0.29, 0.717) is 0 Å². The summed E-state index contributed by atoms with van der Waals surface area (Å²) in [4.78, 5) is 0. The van der Waals surface area contributed by atoms with Crippen molar-refractivity contribution in [3.05, 3.63) is 0 Å². The Kier molecular flexibility index (Phi) is 15.4. The molecule has 0 rings (SSSR count). The topological polar surface area (TPSA) is 29.5 Å². The molecule has 0 aromatic carbocycles. The molecule has 0 fully saturated rings. The Balaban J connectivity index is -0.000000320. The number of hydrogen-bond acceptors (Lipinski definition) is 2. The van der Waals surface area contributed by atoms with Crippen molar-refractivity contribution in [3.8, 4) is 0 Å². The van der Waals surface area contributed by atoms with Crippen LogP contribution in [0.5, 0.6) is 0 Å². The summed E-state index contributed by atoms with van der Waals surface area (Å²) in [6, 6.07) is 0. The van der Waals surface area contributed by atoms with Crippen LogP contribution in [-0.4, -0.2) is 23.9 Å². The van der Waals surface area contributed by atoms with Crippen LogP contribution in [0.4, 0.5) is 0 Å². The number of aliphatic hydroxyl groups excluding tert-OH is 1. The summed E-state index contributed by atoms with van der Waals surface area (Å²) < 4.78 is 5.30. The van der Waals surface area contributed by atoms with Gasteiger partial charge in [-0.25, -0.2) is 0 Å². The quantitative estimate of drug-likeness (QED) is 0.691. The molecule has 2 nitrogen and oxygen atoms in total. The first-order valence-electron chi connectivity index (χ1n) is 3.47. The third kappa shape index (κ3) is 9.92. The highest BCUT2D eigenvalue weighted by Crippen LogP contribution is 1.99. The molecule has 0 heterocycles. The van der Waals surface area contributed by atoms with Gasteiger partial charge in [0.15, 0.2) is 0 Å². The molecule has 0 saturated carbocycles. The Morgan fingerprint density at radius 3 is 1.91 bits per heavy atom. The van der Waals surface area contributed by atoms with Crippen molar-refractivity contribution in [1.29, 1.82) is 0 Å². The van der Waals surface area contributed by atoms with Gasteiger partial charge in [-0.15, -0.1) is 0 Å². The average Bonchev–Trinajstić information content (AvgIpc) is 1.87. The van der Waals surface area contributed by atoms with Crippen LogP contribution in [0.2, 0.25) is 0 Å². The molecule has 2 unspecified atom stereocenters. The molecule has 0 radical (unpaired) electrons. The molecule has 0 saturated heterocycles. The van der Waals surface area contributed by atoms with Crippen LogP contribution in [0, 0.1) is 0 Å². The van der Waals surface area contributed by atoms with E-state index in [4.69, 9.17) is 9.84 Å². The molecule has 0 aromatic rings. The Labute approximate surface area is 71.6 Å². The predicted octanol–water partition coefficient (Wildman–Crippen LogP) is 2.45. The Bertz CT molecular complexity index is 56.6. The molecule has 0 aliphatic heterocycles. The molecule has 0 amide bonds. The van der Waals surface area contributed by atoms with E-state index in [0.717, 1.165) is 6.42 Å². The van der Waals surface area contributed by atoms with E-state index in [-0.39, 0.29) is 33.7 Å². The molecule has 0 aliphatic carbocycles. The second-order valence-corrected chi connectivity index (χ2v) is 2.35. The highest BCUT2D eigenvalue weighted by Gasteiger charge is 2.03. The van der Waals surface area contributed by atoms with Gasteiger partial charge in [-0.1, -0.05) is 21.8 Å². The van der Waals surface area contributed by atoms with Crippen molar-refractivity contribution >= 4 is 0 Å². The number of aliphatic hydroxyl groups is 1. The molecule has 1 N–H and O–H groups in total. The summed E-state index contributed by atoms with van der Waals surface area (Å²) in [5, 5.41) is 8.55. The molecule has 11 heavy (non-hydrogen) atoms. The van der Waals surface area contributed by atoms with E-state index in [1.807, 2.05) is 13.8 Å². The van der Waals surface area contributed by atoms with Crippen molar-refractivity contribution in [3.63, 3.8) is 0 Å². The van der Waals surface area contributed by atoms with Gasteiger partial charge in [0.05, 0.1) is 18.8 Å². The van der Waals surface area contributed by atoms with Crippen LogP contribution in [0.25, 0.3) is 0 Å². The zero-order valence-electron chi connectivity index (χ0n) is 6.42. The molecule has 0 bridgehead atoms. The minimum Gasteiger partial charge on any atom is -0.394 e. The predicted molar refractivity (Wildman–Crippen MR) is 50.8 cm³/mol. The Morgan fingerprint density at radius 2 is 1.64 bits per heavy atom. The first-order chi connectivity index (χ1) is 4.20. The molecular formula is C9H24O2. The first kappa shape index (κ1) is 17.1. The van der Waals surface area contributed by atoms with Crippen molar-refractivity contribution in [2.24, 2.45) is 0 Å². The normalized spacial score (nSPS) is 14.2. The highest BCUT2D eigenvalue weighted by atomic mass is 16.5. The highest BCUT2D eigenvalue weighted by molar-refractivity contribution is 4.50. The van der Waals surface area contributed by atoms with E-state index in [2.05, 4.69) is 6.92 Å². The lowest BCUT2D eigenvalue weighted by Gasteiger charge is -2.14. The smallest absolute Gasteiger partial charge is 0.0781 e. The minimum absolute atomic E-state index is 0. The van der Waals surface area contributed by atoms with Gasteiger partial charge in [-0.05, 0) is 20.3 Å². The van der Waals surface area contributed by atoms with Gasteiger partial charge >= 0.3 is 0 Å². The van der Waals surface area contributed by atoms with Gasteiger partial charge in [-0.2, -0.15) is 0 Å². The maximum Gasteiger partial charge on any atom is 0.0781 e. The van der Waals surface area contributed by atoms with Crippen LogP contribution in [0.3, 0.4) is 0 Å². The standard InChI is InChI=1S/C7H16O2.2CH4/c1-4-6(2)9-7(3)5-8;;/h6-8H,4-5H2,1-3H3;2*1H4. The Hall–Kier alpha value is -0.0800. The van der Waals surface area contributed by atoms with Crippen LogP contribution in [0.15, 0.2) is 0 Å². The summed E-state index contributed by atoms with van der Waals surface area (Å²) >= 11 is 0. The summed E-state index contributed by atoms with van der Waals surface area (Å²) in [5.41, 5.74) is 0. The zero-order valence-corrected chi connectivity index (χ0v) is 6.42. The Morgan fingerprint density at radius 1 is 1.18 bits per heavy atom. The van der Waals surface area contributed by atoms with Gasteiger partial charge in [-0.3, -0.25) is 0 Å². The molecule has 0 aromatic heterocycles. The lowest BCUT2D eigenvalue weighted by molar-refractivity contribution is -0.0217. The molecule has 2 atom stereocenters. The first-order valence-corrected chi connectivity index (χ1v) is 3.47. The van der Waals surface area contributed by atoms with Crippen molar-refractivity contribution < 1.29 is 9.84 Å². The van der Waals surface area contributed by atoms with E-state index in [9.17, 15) is 0 Å². The number of rotatable bonds is 4. The van der Waals surface area contributed by atoms with Gasteiger partial charge in [0.25, 0.3) is 0 Å². The van der Waals surface area contributed by atoms with E-state index in [1.54, 1.807) is 0 Å². The fourth-order valence-corrected chi connectivity index (χ4v) is 0.536. The number of hydrogen-bond donors (Lipinski definition) is 1. The maximum atomic E-state index is 8.55. The minimum atomic E-state index is -0.0139.